The summed E-state index contributed by atoms with van der Waals surface area (Å²) in [5.74, 6) is -0.429. The van der Waals surface area contributed by atoms with Gasteiger partial charge in [0.15, 0.2) is 0 Å². The lowest BCUT2D eigenvalue weighted by Gasteiger charge is -2.20. The van der Waals surface area contributed by atoms with Gasteiger partial charge in [-0.15, -0.1) is 0 Å². The van der Waals surface area contributed by atoms with Crippen LogP contribution < -0.4 is 4.90 Å². The fraction of sp³-hybridized carbons (Fsp3) is 0.0952. The molecule has 0 radical (unpaired) electrons. The van der Waals surface area contributed by atoms with Gasteiger partial charge < -0.3 is 4.90 Å². The summed E-state index contributed by atoms with van der Waals surface area (Å²) in [7, 11) is 0. The molecule has 27 heavy (non-hydrogen) atoms. The molecule has 4 rings (SSSR count). The third-order valence-electron chi connectivity index (χ3n) is 4.63. The fourth-order valence-electron chi connectivity index (χ4n) is 3.36. The van der Waals surface area contributed by atoms with E-state index in [-0.39, 0.29) is 17.7 Å². The second-order valence-corrected chi connectivity index (χ2v) is 7.02. The first kappa shape index (κ1) is 17.8. The number of benzene rings is 3. The highest BCUT2D eigenvalue weighted by Gasteiger charge is 2.40. The number of hydrogen-bond donors (Lipinski definition) is 0. The normalized spacial score (nSPS) is 13.8. The summed E-state index contributed by atoms with van der Waals surface area (Å²) in [6.45, 7) is -0.110. The zero-order chi connectivity index (χ0) is 19.2. The quantitative estimate of drug-likeness (QED) is 0.466. The van der Waals surface area contributed by atoms with E-state index in [1.54, 1.807) is 12.1 Å². The maximum Gasteiger partial charge on any atom is 0.416 e. The van der Waals surface area contributed by atoms with E-state index >= 15 is 0 Å². The third kappa shape index (κ3) is 3.04. The van der Waals surface area contributed by atoms with Gasteiger partial charge in [0.1, 0.15) is 0 Å². The van der Waals surface area contributed by atoms with Crippen LogP contribution in [0.15, 0.2) is 71.2 Å². The number of carbonyl (C=O) groups excluding carboxylic acids is 1. The lowest BCUT2D eigenvalue weighted by molar-refractivity contribution is -0.138. The van der Waals surface area contributed by atoms with Gasteiger partial charge in [0, 0.05) is 10.0 Å². The average molecular weight is 432 g/mol. The first-order valence-corrected chi connectivity index (χ1v) is 9.02. The van der Waals surface area contributed by atoms with Gasteiger partial charge in [-0.05, 0) is 50.8 Å². The number of carbonyl (C=O) groups is 1. The number of hydrogen-bond acceptors (Lipinski definition) is 1. The van der Waals surface area contributed by atoms with Crippen molar-refractivity contribution in [1.29, 1.82) is 0 Å². The smallest absolute Gasteiger partial charge is 0.303 e. The Morgan fingerprint density at radius 3 is 2.22 bits per heavy atom. The lowest BCUT2D eigenvalue weighted by Crippen LogP contribution is -2.23. The van der Waals surface area contributed by atoms with E-state index in [0.29, 0.717) is 10.2 Å². The van der Waals surface area contributed by atoms with Crippen LogP contribution in [0, 0.1) is 0 Å². The van der Waals surface area contributed by atoms with E-state index in [4.69, 9.17) is 0 Å². The number of amides is 1. The Balaban J connectivity index is 1.79. The molecule has 0 N–H and O–H groups in total. The molecule has 1 amide bonds. The maximum absolute atomic E-state index is 13.3. The zero-order valence-corrected chi connectivity index (χ0v) is 15.5. The summed E-state index contributed by atoms with van der Waals surface area (Å²) >= 11 is 3.54. The van der Waals surface area contributed by atoms with Gasteiger partial charge in [0.2, 0.25) is 0 Å². The molecule has 1 aliphatic rings. The molecule has 136 valence electrons. The molecule has 0 unspecified atom stereocenters. The van der Waals surface area contributed by atoms with E-state index in [1.165, 1.54) is 17.0 Å². The van der Waals surface area contributed by atoms with Crippen molar-refractivity contribution in [1.82, 2.24) is 0 Å². The van der Waals surface area contributed by atoms with Crippen molar-refractivity contribution in [2.24, 2.45) is 0 Å². The monoisotopic (exact) mass is 431 g/mol. The zero-order valence-electron chi connectivity index (χ0n) is 13.9. The number of anilines is 1. The summed E-state index contributed by atoms with van der Waals surface area (Å²) in [5, 5.41) is 0. The highest BCUT2D eigenvalue weighted by atomic mass is 79.9. The molecule has 0 aromatic heterocycles. The van der Waals surface area contributed by atoms with Crippen LogP contribution in [0.2, 0.25) is 0 Å². The first-order valence-electron chi connectivity index (χ1n) is 8.23. The Hall–Kier alpha value is -2.60. The number of alkyl halides is 3. The molecule has 0 saturated heterocycles. The minimum Gasteiger partial charge on any atom is -0.303 e. The van der Waals surface area contributed by atoms with E-state index < -0.39 is 17.6 Å². The summed E-state index contributed by atoms with van der Waals surface area (Å²) in [4.78, 5) is 14.2. The molecule has 0 saturated carbocycles. The van der Waals surface area contributed by atoms with Crippen molar-refractivity contribution in [2.75, 3.05) is 4.90 Å². The fourth-order valence-corrected chi connectivity index (χ4v) is 4.07. The predicted molar refractivity (Wildman–Crippen MR) is 102 cm³/mol. The van der Waals surface area contributed by atoms with Crippen molar-refractivity contribution in [3.63, 3.8) is 0 Å². The summed E-state index contributed by atoms with van der Waals surface area (Å²) in [6, 6.07) is 18.8. The second-order valence-electron chi connectivity index (χ2n) is 6.23. The summed E-state index contributed by atoms with van der Waals surface area (Å²) < 4.78 is 40.6. The Kier molecular flexibility index (Phi) is 4.30. The standard InChI is InChI=1S/C21H13BrF3NO/c22-19-14(13-6-2-1-3-7-13)8-5-11-18(19)26-12-16-15(20(26)27)9-4-10-17(16)21(23,24)25/h1-11H,12H2. The average Bonchev–Trinajstić information content (AvgIpc) is 2.98. The Morgan fingerprint density at radius 1 is 0.852 bits per heavy atom. The maximum atomic E-state index is 13.3. The molecule has 0 atom stereocenters. The van der Waals surface area contributed by atoms with Crippen LogP contribution >= 0.6 is 15.9 Å². The highest BCUT2D eigenvalue weighted by molar-refractivity contribution is 9.10. The van der Waals surface area contributed by atoms with Crippen LogP contribution in [0.5, 0.6) is 0 Å². The van der Waals surface area contributed by atoms with E-state index in [9.17, 15) is 18.0 Å². The van der Waals surface area contributed by atoms with Crippen LogP contribution in [0.3, 0.4) is 0 Å². The van der Waals surface area contributed by atoms with Crippen molar-refractivity contribution in [3.05, 3.63) is 87.9 Å². The van der Waals surface area contributed by atoms with Crippen molar-refractivity contribution in [2.45, 2.75) is 12.7 Å². The van der Waals surface area contributed by atoms with Gasteiger partial charge in [-0.1, -0.05) is 48.5 Å². The molecule has 0 aliphatic carbocycles. The van der Waals surface area contributed by atoms with Crippen LogP contribution in [0.1, 0.15) is 21.5 Å². The van der Waals surface area contributed by atoms with Crippen LogP contribution in [0.4, 0.5) is 18.9 Å². The molecule has 3 aromatic rings. The van der Waals surface area contributed by atoms with E-state index in [2.05, 4.69) is 15.9 Å². The number of nitrogens with zero attached hydrogens (tertiary/aromatic N) is 1. The lowest BCUT2D eigenvalue weighted by atomic mass is 10.0. The Morgan fingerprint density at radius 2 is 1.52 bits per heavy atom. The molecule has 0 spiro atoms. The minimum atomic E-state index is -4.50. The van der Waals surface area contributed by atoms with Crippen LogP contribution in [0.25, 0.3) is 11.1 Å². The van der Waals surface area contributed by atoms with Gasteiger partial charge in [-0.3, -0.25) is 4.79 Å². The molecular formula is C21H13BrF3NO. The molecule has 6 heteroatoms. The molecule has 0 fully saturated rings. The number of halogens is 4. The Bertz CT molecular complexity index is 1030. The highest BCUT2D eigenvalue weighted by Crippen LogP contribution is 2.42. The van der Waals surface area contributed by atoms with Gasteiger partial charge in [0.25, 0.3) is 5.91 Å². The first-order chi connectivity index (χ1) is 12.9. The van der Waals surface area contributed by atoms with Gasteiger partial charge in [-0.2, -0.15) is 13.2 Å². The van der Waals surface area contributed by atoms with Crippen molar-refractivity contribution < 1.29 is 18.0 Å². The largest absolute Gasteiger partial charge is 0.416 e. The molecular weight excluding hydrogens is 419 g/mol. The summed E-state index contributed by atoms with van der Waals surface area (Å²) in [5.41, 5.74) is 1.73. The van der Waals surface area contributed by atoms with Gasteiger partial charge in [-0.25, -0.2) is 0 Å². The molecule has 1 aliphatic heterocycles. The van der Waals surface area contributed by atoms with Crippen LogP contribution in [-0.2, 0) is 12.7 Å². The Labute approximate surface area is 162 Å². The van der Waals surface area contributed by atoms with E-state index in [0.717, 1.165) is 17.2 Å². The number of fused-ring (bicyclic) bond motifs is 1. The van der Waals surface area contributed by atoms with E-state index in [1.807, 2.05) is 36.4 Å². The molecule has 0 bridgehead atoms. The second kappa shape index (κ2) is 6.53. The van der Waals surface area contributed by atoms with Crippen LogP contribution in [-0.4, -0.2) is 5.91 Å². The predicted octanol–water partition coefficient (Wildman–Crippen LogP) is 6.30. The van der Waals surface area contributed by atoms with Gasteiger partial charge >= 0.3 is 6.18 Å². The number of rotatable bonds is 2. The molecule has 3 aromatic carbocycles. The molecule has 2 nitrogen and oxygen atoms in total. The summed E-state index contributed by atoms with van der Waals surface area (Å²) in [6.07, 6.45) is -4.50. The SMILES string of the molecule is O=C1c2cccc(C(F)(F)F)c2CN1c1cccc(-c2ccccc2)c1Br. The third-order valence-corrected chi connectivity index (χ3v) is 5.46. The van der Waals surface area contributed by atoms with Crippen molar-refractivity contribution >= 4 is 27.5 Å². The van der Waals surface area contributed by atoms with Crippen molar-refractivity contribution in [3.8, 4) is 11.1 Å². The minimum absolute atomic E-state index is 0.0204. The van der Waals surface area contributed by atoms with Gasteiger partial charge in [0.05, 0.1) is 17.8 Å². The molecule has 1 heterocycles. The topological polar surface area (TPSA) is 20.3 Å².